The summed E-state index contributed by atoms with van der Waals surface area (Å²) in [6.07, 6.45) is 6.02. The van der Waals surface area contributed by atoms with Gasteiger partial charge in [0.25, 0.3) is 0 Å². The molecule has 0 radical (unpaired) electrons. The fourth-order valence-electron chi connectivity index (χ4n) is 3.70. The van der Waals surface area contributed by atoms with E-state index >= 15 is 0 Å². The third-order valence-electron chi connectivity index (χ3n) is 5.59. The molecule has 0 aromatic heterocycles. The molecule has 0 spiro atoms. The Labute approximate surface area is 165 Å². The minimum Gasteiger partial charge on any atom is -0.481 e. The minimum absolute atomic E-state index is 0.198. The Morgan fingerprint density at radius 2 is 1.61 bits per heavy atom. The largest absolute Gasteiger partial charge is 0.481 e. The second-order valence-corrected chi connectivity index (χ2v) is 9.53. The van der Waals surface area contributed by atoms with Gasteiger partial charge in [0, 0.05) is 18.8 Å². The molecule has 3 rings (SSSR count). The zero-order chi connectivity index (χ0) is 20.3. The Bertz CT molecular complexity index is 855. The normalized spacial score (nSPS) is 24.0. The maximum absolute atomic E-state index is 12.8. The van der Waals surface area contributed by atoms with Crippen molar-refractivity contribution in [2.24, 2.45) is 17.8 Å². The first kappa shape index (κ1) is 20.5. The van der Waals surface area contributed by atoms with Gasteiger partial charge in [0.1, 0.15) is 0 Å². The highest BCUT2D eigenvalue weighted by Crippen LogP contribution is 2.28. The number of carbonyl (C=O) groups excluding carboxylic acids is 1. The molecule has 0 saturated carbocycles. The molecule has 1 aromatic carbocycles. The molecule has 1 heterocycles. The molecule has 2 aliphatic rings. The predicted octanol–water partition coefficient (Wildman–Crippen LogP) is 2.71. The van der Waals surface area contributed by atoms with E-state index in [1.165, 1.54) is 16.4 Å². The van der Waals surface area contributed by atoms with Gasteiger partial charge in [-0.15, -0.1) is 0 Å². The Morgan fingerprint density at radius 3 is 2.18 bits per heavy atom. The molecular formula is C20H26N2O5S. The van der Waals surface area contributed by atoms with Crippen molar-refractivity contribution >= 4 is 27.6 Å². The molecule has 1 aliphatic carbocycles. The average molecular weight is 407 g/mol. The van der Waals surface area contributed by atoms with E-state index in [4.69, 9.17) is 0 Å². The van der Waals surface area contributed by atoms with Crippen molar-refractivity contribution in [1.82, 2.24) is 4.31 Å². The average Bonchev–Trinajstić information content (AvgIpc) is 2.68. The number of carboxylic acid groups (broad SMARTS) is 1. The summed E-state index contributed by atoms with van der Waals surface area (Å²) in [5.41, 5.74) is 0.454. The number of hydrogen-bond acceptors (Lipinski definition) is 4. The molecule has 0 bridgehead atoms. The summed E-state index contributed by atoms with van der Waals surface area (Å²) in [4.78, 5) is 24.1. The summed E-state index contributed by atoms with van der Waals surface area (Å²) >= 11 is 0. The summed E-state index contributed by atoms with van der Waals surface area (Å²) < 4.78 is 27.0. The second kappa shape index (κ2) is 8.45. The fourth-order valence-corrected chi connectivity index (χ4v) is 5.17. The minimum atomic E-state index is -3.54. The van der Waals surface area contributed by atoms with Crippen LogP contribution in [0.1, 0.15) is 32.6 Å². The predicted molar refractivity (Wildman–Crippen MR) is 105 cm³/mol. The molecular weight excluding hydrogens is 380 g/mol. The molecule has 2 N–H and O–H groups in total. The van der Waals surface area contributed by atoms with Crippen molar-refractivity contribution in [1.29, 1.82) is 0 Å². The van der Waals surface area contributed by atoms with Gasteiger partial charge in [0.15, 0.2) is 0 Å². The summed E-state index contributed by atoms with van der Waals surface area (Å²) in [6.45, 7) is 3.17. The van der Waals surface area contributed by atoms with Crippen molar-refractivity contribution in [3.63, 3.8) is 0 Å². The van der Waals surface area contributed by atoms with Crippen LogP contribution in [0.2, 0.25) is 0 Å². The summed E-state index contributed by atoms with van der Waals surface area (Å²) in [5.74, 6) is -2.19. The first-order valence-corrected chi connectivity index (χ1v) is 11.0. The molecule has 8 heteroatoms. The monoisotopic (exact) mass is 406 g/mol. The van der Waals surface area contributed by atoms with Crippen LogP contribution >= 0.6 is 0 Å². The number of carbonyl (C=O) groups is 2. The van der Waals surface area contributed by atoms with Crippen LogP contribution in [0, 0.1) is 17.8 Å². The van der Waals surface area contributed by atoms with E-state index in [0.717, 1.165) is 12.8 Å². The number of piperidine rings is 1. The standard InChI is InChI=1S/C20H26N2O5S/c1-14-10-12-22(13-11-14)28(26,27)16-8-6-15(7-9-16)21-19(23)17-4-2-3-5-18(17)20(24)25/h2-3,6-9,14,17-18H,4-5,10-13H2,1H3,(H,21,23)(H,24,25)/t17-,18-/m0/s1. The highest BCUT2D eigenvalue weighted by Gasteiger charge is 2.34. The van der Waals surface area contributed by atoms with Crippen molar-refractivity contribution in [2.75, 3.05) is 18.4 Å². The Hall–Kier alpha value is -2.19. The van der Waals surface area contributed by atoms with Gasteiger partial charge in [0.2, 0.25) is 15.9 Å². The van der Waals surface area contributed by atoms with Crippen LogP contribution < -0.4 is 5.32 Å². The third kappa shape index (κ3) is 4.44. The number of sulfonamides is 1. The maximum atomic E-state index is 12.8. The van der Waals surface area contributed by atoms with Crippen molar-refractivity contribution in [2.45, 2.75) is 37.5 Å². The van der Waals surface area contributed by atoms with Gasteiger partial charge in [-0.2, -0.15) is 4.31 Å². The van der Waals surface area contributed by atoms with E-state index in [0.29, 0.717) is 37.5 Å². The quantitative estimate of drug-likeness (QED) is 0.732. The molecule has 1 saturated heterocycles. The van der Waals surface area contributed by atoms with Gasteiger partial charge in [-0.25, -0.2) is 8.42 Å². The maximum Gasteiger partial charge on any atom is 0.307 e. The van der Waals surface area contributed by atoms with Gasteiger partial charge < -0.3 is 10.4 Å². The summed E-state index contributed by atoms with van der Waals surface area (Å²) in [7, 11) is -3.54. The first-order valence-electron chi connectivity index (χ1n) is 9.58. The van der Waals surface area contributed by atoms with Gasteiger partial charge >= 0.3 is 5.97 Å². The number of aliphatic carboxylic acids is 1. The topological polar surface area (TPSA) is 104 Å². The molecule has 1 amide bonds. The Balaban J connectivity index is 1.68. The molecule has 1 fully saturated rings. The molecule has 1 aromatic rings. The van der Waals surface area contributed by atoms with Crippen LogP contribution in [0.5, 0.6) is 0 Å². The van der Waals surface area contributed by atoms with Gasteiger partial charge in [0.05, 0.1) is 16.7 Å². The van der Waals surface area contributed by atoms with E-state index in [1.54, 1.807) is 18.2 Å². The smallest absolute Gasteiger partial charge is 0.307 e. The van der Waals surface area contributed by atoms with E-state index < -0.39 is 27.8 Å². The Morgan fingerprint density at radius 1 is 1.04 bits per heavy atom. The van der Waals surface area contributed by atoms with Crippen LogP contribution in [0.3, 0.4) is 0 Å². The van der Waals surface area contributed by atoms with Crippen LogP contribution in [0.4, 0.5) is 5.69 Å². The zero-order valence-corrected chi connectivity index (χ0v) is 16.7. The summed E-state index contributed by atoms with van der Waals surface area (Å²) in [5, 5.41) is 12.0. The number of amides is 1. The number of nitrogens with one attached hydrogen (secondary N) is 1. The van der Waals surface area contributed by atoms with Crippen LogP contribution in [-0.4, -0.2) is 42.8 Å². The lowest BCUT2D eigenvalue weighted by Gasteiger charge is -2.29. The number of benzene rings is 1. The van der Waals surface area contributed by atoms with Crippen molar-refractivity contribution in [3.8, 4) is 0 Å². The lowest BCUT2D eigenvalue weighted by molar-refractivity contribution is -0.146. The number of hydrogen-bond donors (Lipinski definition) is 2. The van der Waals surface area contributed by atoms with E-state index in [1.807, 2.05) is 6.08 Å². The van der Waals surface area contributed by atoms with Gasteiger partial charge in [-0.3, -0.25) is 9.59 Å². The number of allylic oxidation sites excluding steroid dienone is 2. The molecule has 1 aliphatic heterocycles. The fraction of sp³-hybridized carbons (Fsp3) is 0.500. The molecule has 0 unspecified atom stereocenters. The van der Waals surface area contributed by atoms with E-state index in [9.17, 15) is 23.1 Å². The number of rotatable bonds is 5. The molecule has 7 nitrogen and oxygen atoms in total. The van der Waals surface area contributed by atoms with Crippen LogP contribution in [-0.2, 0) is 19.6 Å². The first-order chi connectivity index (χ1) is 13.3. The van der Waals surface area contributed by atoms with Crippen molar-refractivity contribution in [3.05, 3.63) is 36.4 Å². The number of nitrogens with zero attached hydrogens (tertiary/aromatic N) is 1. The molecule has 152 valence electrons. The van der Waals surface area contributed by atoms with Gasteiger partial charge in [-0.05, 0) is 55.9 Å². The van der Waals surface area contributed by atoms with Crippen LogP contribution in [0.15, 0.2) is 41.3 Å². The summed E-state index contributed by atoms with van der Waals surface area (Å²) in [6, 6.07) is 6.06. The van der Waals surface area contributed by atoms with E-state index in [2.05, 4.69) is 12.2 Å². The second-order valence-electron chi connectivity index (χ2n) is 7.59. The van der Waals surface area contributed by atoms with Gasteiger partial charge in [-0.1, -0.05) is 19.1 Å². The SMILES string of the molecule is CC1CCN(S(=O)(=O)c2ccc(NC(=O)[C@H]3CC=CC[C@@H]3C(=O)O)cc2)CC1. The molecule has 2 atom stereocenters. The highest BCUT2D eigenvalue weighted by molar-refractivity contribution is 7.89. The van der Waals surface area contributed by atoms with E-state index in [-0.39, 0.29) is 10.8 Å². The number of anilines is 1. The Kier molecular flexibility index (Phi) is 6.20. The zero-order valence-electron chi connectivity index (χ0n) is 15.9. The lowest BCUT2D eigenvalue weighted by atomic mass is 9.82. The molecule has 28 heavy (non-hydrogen) atoms. The third-order valence-corrected chi connectivity index (χ3v) is 7.50. The van der Waals surface area contributed by atoms with Crippen molar-refractivity contribution < 1.29 is 23.1 Å². The number of carboxylic acids is 1. The highest BCUT2D eigenvalue weighted by atomic mass is 32.2. The lowest BCUT2D eigenvalue weighted by Crippen LogP contribution is -2.37. The van der Waals surface area contributed by atoms with Crippen LogP contribution in [0.25, 0.3) is 0 Å².